The molecule has 0 saturated heterocycles. The molecular formula is C26H27Cl2N2O7PS. The van der Waals surface area contributed by atoms with E-state index < -0.39 is 34.9 Å². The Morgan fingerprint density at radius 1 is 1.05 bits per heavy atom. The Labute approximate surface area is 236 Å². The van der Waals surface area contributed by atoms with Crippen LogP contribution in [0.2, 0.25) is 10.0 Å². The summed E-state index contributed by atoms with van der Waals surface area (Å²) in [5, 5.41) is 15.7. The number of nitrogens with one attached hydrogen (secondary N) is 2. The molecule has 9 nitrogen and oxygen atoms in total. The number of phenolic OH excluding ortho intramolecular Hbond substituents is 1. The van der Waals surface area contributed by atoms with Crippen molar-refractivity contribution in [1.82, 2.24) is 5.32 Å². The van der Waals surface area contributed by atoms with Crippen LogP contribution in [0.3, 0.4) is 0 Å². The second kappa shape index (κ2) is 12.4. The van der Waals surface area contributed by atoms with E-state index in [1.165, 1.54) is 42.5 Å². The highest BCUT2D eigenvalue weighted by molar-refractivity contribution is 7.90. The van der Waals surface area contributed by atoms with Gasteiger partial charge >= 0.3 is 5.97 Å². The van der Waals surface area contributed by atoms with Crippen molar-refractivity contribution in [2.24, 2.45) is 0 Å². The first-order valence-corrected chi connectivity index (χ1v) is 16.5. The molecule has 2 atom stereocenters. The van der Waals surface area contributed by atoms with Crippen molar-refractivity contribution in [3.8, 4) is 5.75 Å². The molecule has 208 valence electrons. The van der Waals surface area contributed by atoms with Gasteiger partial charge in [-0.1, -0.05) is 47.5 Å². The van der Waals surface area contributed by atoms with Gasteiger partial charge in [0.05, 0.1) is 33.9 Å². The van der Waals surface area contributed by atoms with Gasteiger partial charge in [-0.25, -0.2) is 13.2 Å². The number of aromatic hydroxyl groups is 1. The summed E-state index contributed by atoms with van der Waals surface area (Å²) in [4.78, 5) is 25.6. The van der Waals surface area contributed by atoms with E-state index in [4.69, 9.17) is 27.9 Å². The summed E-state index contributed by atoms with van der Waals surface area (Å²) in [7, 11) is -5.21. The average molecular weight is 613 g/mol. The molecule has 0 saturated carbocycles. The lowest BCUT2D eigenvalue weighted by Gasteiger charge is -2.19. The van der Waals surface area contributed by atoms with Crippen LogP contribution in [0.1, 0.15) is 15.9 Å². The van der Waals surface area contributed by atoms with Gasteiger partial charge in [-0.3, -0.25) is 4.79 Å². The summed E-state index contributed by atoms with van der Waals surface area (Å²) in [5.41, 5.74) is 0.808. The molecule has 1 unspecified atom stereocenters. The predicted molar refractivity (Wildman–Crippen MR) is 153 cm³/mol. The Morgan fingerprint density at radius 3 is 2.28 bits per heavy atom. The van der Waals surface area contributed by atoms with Gasteiger partial charge < -0.3 is 25.0 Å². The van der Waals surface area contributed by atoms with Gasteiger partial charge in [0.15, 0.2) is 9.84 Å². The van der Waals surface area contributed by atoms with Crippen LogP contribution in [0, 0.1) is 0 Å². The minimum atomic E-state index is -3.47. The Hall–Kier alpha value is -3.04. The topological polar surface area (TPSA) is 139 Å². The predicted octanol–water partition coefficient (Wildman–Crippen LogP) is 4.30. The van der Waals surface area contributed by atoms with E-state index in [1.807, 2.05) is 0 Å². The first kappa shape index (κ1) is 30.5. The minimum Gasteiger partial charge on any atom is -0.508 e. The Bertz CT molecular complexity index is 1540. The number of phenols is 1. The number of rotatable bonds is 10. The molecule has 0 bridgehead atoms. The Morgan fingerprint density at radius 2 is 1.69 bits per heavy atom. The van der Waals surface area contributed by atoms with Crippen LogP contribution in [0.5, 0.6) is 5.75 Å². The normalized spacial score (nSPS) is 13.7. The second-order valence-electron chi connectivity index (χ2n) is 8.94. The first-order chi connectivity index (χ1) is 18.2. The Balaban J connectivity index is 1.78. The quantitative estimate of drug-likeness (QED) is 0.227. The number of ether oxygens (including phenoxy) is 1. The van der Waals surface area contributed by atoms with Crippen molar-refractivity contribution >= 4 is 63.0 Å². The third-order valence-corrected chi connectivity index (χ3v) is 9.63. The SMILES string of the molecule is COC(=O)[C@H](Cc1cccc(S(C)(=O)=O)c1)NC(=O)c1c(Cl)cc(NCP(C)(=O)c2cccc(O)c2)cc1Cl. The number of anilines is 1. The third-order valence-electron chi connectivity index (χ3n) is 5.79. The standard InChI is InChI=1S/C26H27Cl2N2O7PS/c1-37-26(33)23(11-16-6-4-9-20(10-16)39(3,35)36)30-25(32)24-21(27)12-17(13-22(24)28)29-15-38(2,34)19-8-5-7-18(31)14-19/h4-10,12-14,23,29,31H,11,15H2,1-3H3,(H,30,32)/t23-,38?/m0/s1. The molecule has 3 aromatic rings. The van der Waals surface area contributed by atoms with Crippen molar-refractivity contribution in [3.63, 3.8) is 0 Å². The summed E-state index contributed by atoms with van der Waals surface area (Å²) < 4.78 is 41.7. The highest BCUT2D eigenvalue weighted by Gasteiger charge is 2.26. The van der Waals surface area contributed by atoms with Crippen LogP contribution >= 0.6 is 30.3 Å². The molecule has 0 aromatic heterocycles. The number of methoxy groups -OCH3 is 1. The number of hydrogen-bond acceptors (Lipinski definition) is 8. The molecule has 0 radical (unpaired) electrons. The molecule has 3 N–H and O–H groups in total. The fourth-order valence-electron chi connectivity index (χ4n) is 3.72. The zero-order valence-electron chi connectivity index (χ0n) is 21.3. The van der Waals surface area contributed by atoms with Gasteiger partial charge in [0.2, 0.25) is 0 Å². The van der Waals surface area contributed by atoms with Gasteiger partial charge in [0.25, 0.3) is 5.91 Å². The summed E-state index contributed by atoms with van der Waals surface area (Å²) in [6, 6.07) is 13.9. The van der Waals surface area contributed by atoms with E-state index in [0.717, 1.165) is 13.4 Å². The molecule has 13 heteroatoms. The van der Waals surface area contributed by atoms with Crippen molar-refractivity contribution in [3.05, 3.63) is 81.8 Å². The van der Waals surface area contributed by atoms with Crippen LogP contribution < -0.4 is 15.9 Å². The molecule has 0 aliphatic carbocycles. The highest BCUT2D eigenvalue weighted by Crippen LogP contribution is 2.41. The van der Waals surface area contributed by atoms with Crippen molar-refractivity contribution in [2.75, 3.05) is 31.6 Å². The molecule has 0 spiro atoms. The number of hydrogen-bond donors (Lipinski definition) is 3. The average Bonchev–Trinajstić information content (AvgIpc) is 2.86. The number of benzene rings is 3. The molecule has 0 aliphatic heterocycles. The maximum Gasteiger partial charge on any atom is 0.328 e. The first-order valence-electron chi connectivity index (χ1n) is 11.5. The maximum absolute atomic E-state index is 13.1. The van der Waals surface area contributed by atoms with E-state index in [9.17, 15) is 27.7 Å². The fourth-order valence-corrected chi connectivity index (χ4v) is 6.54. The van der Waals surface area contributed by atoms with Crippen molar-refractivity contribution in [2.45, 2.75) is 17.4 Å². The summed E-state index contributed by atoms with van der Waals surface area (Å²) >= 11 is 12.8. The number of amides is 1. The van der Waals surface area contributed by atoms with Gasteiger partial charge in [-0.05, 0) is 48.6 Å². The number of sulfone groups is 1. The molecule has 0 heterocycles. The Kier molecular flexibility index (Phi) is 9.72. The summed E-state index contributed by atoms with van der Waals surface area (Å²) in [6.07, 6.45) is 1.06. The number of halogens is 2. The van der Waals surface area contributed by atoms with E-state index in [0.29, 0.717) is 16.6 Å². The lowest BCUT2D eigenvalue weighted by molar-refractivity contribution is -0.142. The molecule has 3 aromatic carbocycles. The highest BCUT2D eigenvalue weighted by atomic mass is 35.5. The molecule has 39 heavy (non-hydrogen) atoms. The van der Waals surface area contributed by atoms with E-state index >= 15 is 0 Å². The smallest absolute Gasteiger partial charge is 0.328 e. The second-order valence-corrected chi connectivity index (χ2v) is 14.8. The zero-order chi connectivity index (χ0) is 29.0. The maximum atomic E-state index is 13.1. The number of esters is 1. The van der Waals surface area contributed by atoms with Crippen molar-refractivity contribution in [1.29, 1.82) is 0 Å². The van der Waals surface area contributed by atoms with E-state index in [2.05, 4.69) is 10.6 Å². The van der Waals surface area contributed by atoms with E-state index in [-0.39, 0.29) is 39.0 Å². The zero-order valence-corrected chi connectivity index (χ0v) is 24.5. The lowest BCUT2D eigenvalue weighted by Crippen LogP contribution is -2.43. The molecule has 0 fully saturated rings. The molecule has 0 aliphatic rings. The molecule has 3 rings (SSSR count). The lowest BCUT2D eigenvalue weighted by atomic mass is 10.1. The largest absolute Gasteiger partial charge is 0.508 e. The summed E-state index contributed by atoms with van der Waals surface area (Å²) in [6.45, 7) is 1.57. The van der Waals surface area contributed by atoms with Gasteiger partial charge in [0.1, 0.15) is 18.9 Å². The van der Waals surface area contributed by atoms with Gasteiger partial charge in [0, 0.05) is 23.7 Å². The fraction of sp³-hybridized carbons (Fsp3) is 0.231. The van der Waals surface area contributed by atoms with Crippen LogP contribution in [0.15, 0.2) is 65.6 Å². The van der Waals surface area contributed by atoms with E-state index in [1.54, 1.807) is 24.9 Å². The van der Waals surface area contributed by atoms with Crippen LogP contribution in [0.4, 0.5) is 5.69 Å². The third kappa shape index (κ3) is 7.99. The van der Waals surface area contributed by atoms with Gasteiger partial charge in [-0.15, -0.1) is 0 Å². The number of carbonyl (C=O) groups excluding carboxylic acids is 2. The van der Waals surface area contributed by atoms with Crippen LogP contribution in [-0.4, -0.2) is 57.8 Å². The minimum absolute atomic E-state index is 0.00406. The molecule has 1 amide bonds. The molecular weight excluding hydrogens is 586 g/mol. The van der Waals surface area contributed by atoms with Gasteiger partial charge in [-0.2, -0.15) is 0 Å². The van der Waals surface area contributed by atoms with Crippen molar-refractivity contribution < 1.29 is 32.4 Å². The monoisotopic (exact) mass is 612 g/mol. The van der Waals surface area contributed by atoms with Crippen LogP contribution in [0.25, 0.3) is 0 Å². The van der Waals surface area contributed by atoms with Crippen LogP contribution in [-0.2, 0) is 30.4 Å². The number of carbonyl (C=O) groups is 2. The summed E-state index contributed by atoms with van der Waals surface area (Å²) in [5.74, 6) is -1.49.